The van der Waals surface area contributed by atoms with Crippen LogP contribution in [0.1, 0.15) is 27.0 Å². The number of nitrogens with one attached hydrogen (secondary N) is 2. The van der Waals surface area contributed by atoms with Crippen molar-refractivity contribution in [1.82, 2.24) is 10.9 Å². The van der Waals surface area contributed by atoms with Gasteiger partial charge in [0, 0.05) is 25.3 Å². The second-order valence-electron chi connectivity index (χ2n) is 6.04. The van der Waals surface area contributed by atoms with Crippen molar-refractivity contribution in [1.29, 1.82) is 0 Å². The first-order valence-corrected chi connectivity index (χ1v) is 7.79. The fourth-order valence-corrected chi connectivity index (χ4v) is 2.27. The lowest BCUT2D eigenvalue weighted by molar-refractivity contribution is -0.121. The van der Waals surface area contributed by atoms with Crippen LogP contribution in [0.25, 0.3) is 0 Å². The van der Waals surface area contributed by atoms with E-state index in [-0.39, 0.29) is 18.2 Å². The van der Waals surface area contributed by atoms with Crippen LogP contribution in [0.3, 0.4) is 0 Å². The molecule has 2 aromatic carbocycles. The Bertz CT molecular complexity index is 754. The van der Waals surface area contributed by atoms with E-state index < -0.39 is 0 Å². The third-order valence-electron chi connectivity index (χ3n) is 3.88. The second-order valence-corrected chi connectivity index (χ2v) is 6.04. The minimum absolute atomic E-state index is 0.221. The number of rotatable bonds is 4. The van der Waals surface area contributed by atoms with Crippen LogP contribution in [0.15, 0.2) is 42.5 Å². The van der Waals surface area contributed by atoms with Crippen molar-refractivity contribution >= 4 is 17.5 Å². The maximum absolute atomic E-state index is 12.1. The lowest BCUT2D eigenvalue weighted by Crippen LogP contribution is -2.42. The van der Waals surface area contributed by atoms with Crippen LogP contribution in [0.2, 0.25) is 0 Å². The van der Waals surface area contributed by atoms with Crippen LogP contribution < -0.4 is 15.8 Å². The highest BCUT2D eigenvalue weighted by Gasteiger charge is 2.09. The molecule has 0 saturated carbocycles. The molecular formula is C19H23N3O2. The summed E-state index contributed by atoms with van der Waals surface area (Å²) in [5.74, 6) is -0.595. The first kappa shape index (κ1) is 17.5. The molecule has 0 radical (unpaired) electrons. The molecule has 0 spiro atoms. The third-order valence-corrected chi connectivity index (χ3v) is 3.88. The van der Waals surface area contributed by atoms with Crippen LogP contribution in [-0.2, 0) is 11.2 Å². The highest BCUT2D eigenvalue weighted by molar-refractivity contribution is 5.96. The number of nitrogens with zero attached hydrogens (tertiary/aromatic N) is 1. The summed E-state index contributed by atoms with van der Waals surface area (Å²) in [6.07, 6.45) is 0.221. The highest BCUT2D eigenvalue weighted by Crippen LogP contribution is 2.13. The van der Waals surface area contributed by atoms with E-state index in [1.165, 1.54) is 5.56 Å². The van der Waals surface area contributed by atoms with Gasteiger partial charge in [-0.1, -0.05) is 24.3 Å². The zero-order valence-corrected chi connectivity index (χ0v) is 14.5. The zero-order chi connectivity index (χ0) is 17.7. The molecule has 0 bridgehead atoms. The Morgan fingerprint density at radius 1 is 0.958 bits per heavy atom. The summed E-state index contributed by atoms with van der Waals surface area (Å²) in [4.78, 5) is 26.0. The quantitative estimate of drug-likeness (QED) is 0.849. The lowest BCUT2D eigenvalue weighted by atomic mass is 10.0. The van der Waals surface area contributed by atoms with Crippen LogP contribution in [0.5, 0.6) is 0 Å². The van der Waals surface area contributed by atoms with E-state index in [4.69, 9.17) is 0 Å². The van der Waals surface area contributed by atoms with Gasteiger partial charge < -0.3 is 4.90 Å². The Balaban J connectivity index is 1.92. The maximum atomic E-state index is 12.1. The van der Waals surface area contributed by atoms with Gasteiger partial charge in [0.1, 0.15) is 0 Å². The number of hydrogen-bond acceptors (Lipinski definition) is 3. The molecule has 126 valence electrons. The van der Waals surface area contributed by atoms with Crippen LogP contribution in [0, 0.1) is 13.8 Å². The van der Waals surface area contributed by atoms with Gasteiger partial charge in [0.05, 0.1) is 6.42 Å². The first-order chi connectivity index (χ1) is 11.4. The predicted octanol–water partition coefficient (Wildman–Crippen LogP) is 2.37. The van der Waals surface area contributed by atoms with Crippen LogP contribution in [0.4, 0.5) is 5.69 Å². The van der Waals surface area contributed by atoms with E-state index >= 15 is 0 Å². The Labute approximate surface area is 142 Å². The van der Waals surface area contributed by atoms with Gasteiger partial charge in [-0.3, -0.25) is 20.4 Å². The molecule has 2 aromatic rings. The summed E-state index contributed by atoms with van der Waals surface area (Å²) >= 11 is 0. The van der Waals surface area contributed by atoms with Crippen molar-refractivity contribution in [2.75, 3.05) is 19.0 Å². The molecule has 0 aliphatic rings. The van der Waals surface area contributed by atoms with E-state index in [2.05, 4.69) is 10.9 Å². The van der Waals surface area contributed by atoms with Gasteiger partial charge in [-0.05, 0) is 48.7 Å². The van der Waals surface area contributed by atoms with E-state index in [0.717, 1.165) is 16.8 Å². The number of amides is 2. The van der Waals surface area contributed by atoms with Crippen molar-refractivity contribution in [2.45, 2.75) is 20.3 Å². The molecule has 0 heterocycles. The lowest BCUT2D eigenvalue weighted by Gasteiger charge is -2.13. The van der Waals surface area contributed by atoms with Gasteiger partial charge in [0.25, 0.3) is 5.91 Å². The van der Waals surface area contributed by atoms with Gasteiger partial charge >= 0.3 is 0 Å². The molecule has 5 nitrogen and oxygen atoms in total. The van der Waals surface area contributed by atoms with Crippen LogP contribution in [-0.4, -0.2) is 25.9 Å². The average Bonchev–Trinajstić information content (AvgIpc) is 2.56. The normalized spacial score (nSPS) is 10.2. The fourth-order valence-electron chi connectivity index (χ4n) is 2.27. The summed E-state index contributed by atoms with van der Waals surface area (Å²) in [6.45, 7) is 4.04. The summed E-state index contributed by atoms with van der Waals surface area (Å²) in [7, 11) is 3.81. The molecule has 2 rings (SSSR count). The molecule has 0 unspecified atom stereocenters. The number of aryl methyl sites for hydroxylation is 2. The Morgan fingerprint density at radius 3 is 2.38 bits per heavy atom. The highest BCUT2D eigenvalue weighted by atomic mass is 16.2. The molecule has 5 heteroatoms. The Morgan fingerprint density at radius 2 is 1.71 bits per heavy atom. The number of carbonyl (C=O) groups is 2. The molecular weight excluding hydrogens is 302 g/mol. The van der Waals surface area contributed by atoms with E-state index in [1.807, 2.05) is 57.1 Å². The molecule has 0 fully saturated rings. The summed E-state index contributed by atoms with van der Waals surface area (Å²) in [5.41, 5.74) is 9.58. The summed E-state index contributed by atoms with van der Waals surface area (Å²) in [5, 5.41) is 0. The second kappa shape index (κ2) is 7.64. The molecule has 0 atom stereocenters. The standard InChI is InChI=1S/C19H23N3O2/c1-13-8-9-15(10-14(13)2)11-18(23)20-21-19(24)16-6-5-7-17(12-16)22(3)4/h5-10,12H,11H2,1-4H3,(H,20,23)(H,21,24). The summed E-state index contributed by atoms with van der Waals surface area (Å²) < 4.78 is 0. The average molecular weight is 325 g/mol. The van der Waals surface area contributed by atoms with Crippen molar-refractivity contribution in [3.63, 3.8) is 0 Å². The van der Waals surface area contributed by atoms with Crippen molar-refractivity contribution in [2.24, 2.45) is 0 Å². The molecule has 2 amide bonds. The number of hydrogen-bond donors (Lipinski definition) is 2. The van der Waals surface area contributed by atoms with E-state index in [0.29, 0.717) is 5.56 Å². The molecule has 24 heavy (non-hydrogen) atoms. The maximum Gasteiger partial charge on any atom is 0.269 e. The first-order valence-electron chi connectivity index (χ1n) is 7.79. The van der Waals surface area contributed by atoms with Gasteiger partial charge in [0.15, 0.2) is 0 Å². The number of hydrazine groups is 1. The van der Waals surface area contributed by atoms with Crippen molar-refractivity contribution in [3.8, 4) is 0 Å². The Hall–Kier alpha value is -2.82. The predicted molar refractivity (Wildman–Crippen MR) is 96.0 cm³/mol. The third kappa shape index (κ3) is 4.59. The van der Waals surface area contributed by atoms with Crippen molar-refractivity contribution < 1.29 is 9.59 Å². The van der Waals surface area contributed by atoms with Crippen molar-refractivity contribution in [3.05, 3.63) is 64.7 Å². The summed E-state index contributed by atoms with van der Waals surface area (Å²) in [6, 6.07) is 13.1. The number of carbonyl (C=O) groups excluding carboxylic acids is 2. The minimum Gasteiger partial charge on any atom is -0.378 e. The largest absolute Gasteiger partial charge is 0.378 e. The van der Waals surface area contributed by atoms with Gasteiger partial charge in [0.2, 0.25) is 5.91 Å². The van der Waals surface area contributed by atoms with E-state index in [1.54, 1.807) is 18.2 Å². The number of anilines is 1. The van der Waals surface area contributed by atoms with Crippen LogP contribution >= 0.6 is 0 Å². The molecule has 2 N–H and O–H groups in total. The zero-order valence-electron chi connectivity index (χ0n) is 14.5. The smallest absolute Gasteiger partial charge is 0.269 e. The van der Waals surface area contributed by atoms with Gasteiger partial charge in [-0.15, -0.1) is 0 Å². The number of benzene rings is 2. The SMILES string of the molecule is Cc1ccc(CC(=O)NNC(=O)c2cccc(N(C)C)c2)cc1C. The molecule has 0 aliphatic carbocycles. The topological polar surface area (TPSA) is 61.4 Å². The monoisotopic (exact) mass is 325 g/mol. The Kier molecular flexibility index (Phi) is 5.58. The molecule has 0 aliphatic heterocycles. The minimum atomic E-state index is -0.341. The fraction of sp³-hybridized carbons (Fsp3) is 0.263. The molecule has 0 aromatic heterocycles. The molecule has 0 saturated heterocycles. The van der Waals surface area contributed by atoms with Gasteiger partial charge in [-0.2, -0.15) is 0 Å². The van der Waals surface area contributed by atoms with Gasteiger partial charge in [-0.25, -0.2) is 0 Å². The van der Waals surface area contributed by atoms with E-state index in [9.17, 15) is 9.59 Å².